The molecule has 2 fully saturated rings. The van der Waals surface area contributed by atoms with Crippen LogP contribution in [0.25, 0.3) is 0 Å². The fourth-order valence-electron chi connectivity index (χ4n) is 3.65. The molecule has 1 aromatic heterocycles. The molecule has 1 aliphatic carbocycles. The van der Waals surface area contributed by atoms with Crippen LogP contribution in [0.15, 0.2) is 24.5 Å². The van der Waals surface area contributed by atoms with E-state index in [0.29, 0.717) is 16.6 Å². The number of rotatable bonds is 3. The molecule has 4 rings (SSSR count). The summed E-state index contributed by atoms with van der Waals surface area (Å²) in [5, 5.41) is 5.40. The van der Waals surface area contributed by atoms with Gasteiger partial charge in [-0.3, -0.25) is 9.59 Å². The number of aromatic nitrogens is 3. The molecule has 2 amide bonds. The van der Waals surface area contributed by atoms with Crippen molar-refractivity contribution in [2.75, 3.05) is 4.90 Å². The topological polar surface area (TPSA) is 68.1 Å². The minimum atomic E-state index is -0.209. The zero-order chi connectivity index (χ0) is 17.6. The van der Waals surface area contributed by atoms with E-state index in [1.54, 1.807) is 16.8 Å². The van der Waals surface area contributed by atoms with Crippen molar-refractivity contribution in [3.63, 3.8) is 0 Å². The van der Waals surface area contributed by atoms with Crippen LogP contribution in [0.2, 0.25) is 10.0 Å². The number of carbonyl (C=O) groups is 2. The smallest absolute Gasteiger partial charge is 0.258 e. The number of anilines is 1. The first kappa shape index (κ1) is 16.5. The summed E-state index contributed by atoms with van der Waals surface area (Å²) < 4.78 is 1.56. The number of hydrogen-bond acceptors (Lipinski definition) is 4. The highest BCUT2D eigenvalue weighted by molar-refractivity contribution is 6.35. The molecule has 25 heavy (non-hydrogen) atoms. The number of fused-ring (bicyclic) bond motifs is 1. The minimum Gasteiger partial charge on any atom is -0.274 e. The Morgan fingerprint density at radius 3 is 2.40 bits per heavy atom. The highest BCUT2D eigenvalue weighted by Crippen LogP contribution is 2.39. The molecule has 0 spiro atoms. The Morgan fingerprint density at radius 1 is 1.08 bits per heavy atom. The highest BCUT2D eigenvalue weighted by Gasteiger charge is 2.50. The number of hydrogen-bond donors (Lipinski definition) is 0. The maximum atomic E-state index is 12.6. The average molecular weight is 379 g/mol. The zero-order valence-corrected chi connectivity index (χ0v) is 14.9. The fourth-order valence-corrected chi connectivity index (χ4v) is 4.12. The number of amides is 2. The van der Waals surface area contributed by atoms with Crippen LogP contribution < -0.4 is 4.90 Å². The molecule has 2 aliphatic rings. The highest BCUT2D eigenvalue weighted by atomic mass is 35.5. The lowest BCUT2D eigenvalue weighted by molar-refractivity contribution is -0.122. The summed E-state index contributed by atoms with van der Waals surface area (Å²) in [6, 6.07) is 5.22. The Bertz CT molecular complexity index is 827. The van der Waals surface area contributed by atoms with Crippen molar-refractivity contribution in [2.24, 2.45) is 11.8 Å². The van der Waals surface area contributed by atoms with Gasteiger partial charge in [-0.05, 0) is 30.5 Å². The molecule has 1 aromatic carbocycles. The van der Waals surface area contributed by atoms with Crippen molar-refractivity contribution in [1.82, 2.24) is 14.8 Å². The van der Waals surface area contributed by atoms with Gasteiger partial charge in [0.1, 0.15) is 6.33 Å². The van der Waals surface area contributed by atoms with E-state index in [9.17, 15) is 9.59 Å². The molecule has 1 saturated carbocycles. The van der Waals surface area contributed by atoms with Gasteiger partial charge in [0, 0.05) is 10.0 Å². The lowest BCUT2D eigenvalue weighted by Crippen LogP contribution is -2.32. The van der Waals surface area contributed by atoms with Crippen LogP contribution >= 0.6 is 23.2 Å². The molecule has 0 bridgehead atoms. The third-order valence-electron chi connectivity index (χ3n) is 4.91. The number of benzene rings is 1. The Hall–Kier alpha value is -1.92. The van der Waals surface area contributed by atoms with E-state index < -0.39 is 0 Å². The summed E-state index contributed by atoms with van der Waals surface area (Å²) in [6.45, 7) is 0.381. The first-order chi connectivity index (χ1) is 12.0. The van der Waals surface area contributed by atoms with Gasteiger partial charge in [-0.1, -0.05) is 42.1 Å². The third-order valence-corrected chi connectivity index (χ3v) is 5.50. The molecule has 1 saturated heterocycles. The van der Waals surface area contributed by atoms with Crippen molar-refractivity contribution < 1.29 is 9.59 Å². The van der Waals surface area contributed by atoms with Crippen LogP contribution in [0.3, 0.4) is 0 Å². The Kier molecular flexibility index (Phi) is 4.25. The number of imide groups is 1. The SMILES string of the molecule is O=C1C2CCCCC2C(=O)N1c1ncn(Cc2ccc(Cl)cc2Cl)n1. The molecule has 2 aromatic rings. The number of carbonyl (C=O) groups excluding carboxylic acids is 2. The standard InChI is InChI=1S/C17H16Cl2N4O2/c18-11-6-5-10(14(19)7-11)8-22-9-20-17(21-22)23-15(24)12-3-1-2-4-13(12)16(23)25/h5-7,9,12-13H,1-4,8H2. The zero-order valence-electron chi connectivity index (χ0n) is 13.4. The van der Waals surface area contributed by atoms with E-state index in [1.165, 1.54) is 6.33 Å². The van der Waals surface area contributed by atoms with Crippen LogP contribution in [0.1, 0.15) is 31.2 Å². The molecule has 0 N–H and O–H groups in total. The van der Waals surface area contributed by atoms with Crippen molar-refractivity contribution in [1.29, 1.82) is 0 Å². The van der Waals surface area contributed by atoms with Crippen LogP contribution in [0.4, 0.5) is 5.95 Å². The van der Waals surface area contributed by atoms with Crippen molar-refractivity contribution in [3.8, 4) is 0 Å². The van der Waals surface area contributed by atoms with Crippen molar-refractivity contribution >= 4 is 41.0 Å². The van der Waals surface area contributed by atoms with E-state index in [0.717, 1.165) is 36.1 Å². The molecule has 2 atom stereocenters. The van der Waals surface area contributed by atoms with E-state index in [2.05, 4.69) is 10.1 Å². The van der Waals surface area contributed by atoms with Gasteiger partial charge in [0.05, 0.1) is 18.4 Å². The molecule has 130 valence electrons. The van der Waals surface area contributed by atoms with E-state index >= 15 is 0 Å². The van der Waals surface area contributed by atoms with Gasteiger partial charge in [0.2, 0.25) is 11.8 Å². The van der Waals surface area contributed by atoms with Crippen LogP contribution in [0.5, 0.6) is 0 Å². The second kappa shape index (κ2) is 6.42. The van der Waals surface area contributed by atoms with Gasteiger partial charge >= 0.3 is 0 Å². The summed E-state index contributed by atoms with van der Waals surface area (Å²) in [7, 11) is 0. The largest absolute Gasteiger partial charge is 0.274 e. The Balaban J connectivity index is 1.57. The average Bonchev–Trinajstić information content (AvgIpc) is 3.14. The Labute approximate surface area is 154 Å². The van der Waals surface area contributed by atoms with Crippen LogP contribution in [-0.4, -0.2) is 26.6 Å². The molecular formula is C17H16Cl2N4O2. The first-order valence-electron chi connectivity index (χ1n) is 8.26. The lowest BCUT2D eigenvalue weighted by atomic mass is 9.81. The van der Waals surface area contributed by atoms with Gasteiger partial charge in [0.15, 0.2) is 0 Å². The predicted molar refractivity (Wildman–Crippen MR) is 93.5 cm³/mol. The fraction of sp³-hybridized carbons (Fsp3) is 0.412. The molecule has 6 nitrogen and oxygen atoms in total. The van der Waals surface area contributed by atoms with Crippen LogP contribution in [0, 0.1) is 11.8 Å². The normalized spacial score (nSPS) is 23.2. The van der Waals surface area contributed by atoms with E-state index in [1.807, 2.05) is 6.07 Å². The van der Waals surface area contributed by atoms with Gasteiger partial charge < -0.3 is 0 Å². The quantitative estimate of drug-likeness (QED) is 0.768. The maximum Gasteiger partial charge on any atom is 0.258 e. The summed E-state index contributed by atoms with van der Waals surface area (Å²) >= 11 is 12.1. The summed E-state index contributed by atoms with van der Waals surface area (Å²) in [6.07, 6.45) is 5.03. The van der Waals surface area contributed by atoms with Crippen LogP contribution in [-0.2, 0) is 16.1 Å². The number of halogens is 2. The van der Waals surface area contributed by atoms with Crippen molar-refractivity contribution in [2.45, 2.75) is 32.2 Å². The molecule has 8 heteroatoms. The Morgan fingerprint density at radius 2 is 1.76 bits per heavy atom. The molecule has 0 radical (unpaired) electrons. The summed E-state index contributed by atoms with van der Waals surface area (Å²) in [4.78, 5) is 30.5. The molecule has 1 aliphatic heterocycles. The minimum absolute atomic E-state index is 0.148. The van der Waals surface area contributed by atoms with E-state index in [4.69, 9.17) is 23.2 Å². The molecular weight excluding hydrogens is 363 g/mol. The summed E-state index contributed by atoms with van der Waals surface area (Å²) in [5.41, 5.74) is 0.829. The second-order valence-corrected chi connectivity index (χ2v) is 7.33. The van der Waals surface area contributed by atoms with Gasteiger partial charge in [-0.15, -0.1) is 5.10 Å². The van der Waals surface area contributed by atoms with Gasteiger partial charge in [-0.25, -0.2) is 9.58 Å². The monoisotopic (exact) mass is 378 g/mol. The summed E-state index contributed by atoms with van der Waals surface area (Å²) in [5.74, 6) is -0.610. The lowest BCUT2D eigenvalue weighted by Gasteiger charge is -2.19. The van der Waals surface area contributed by atoms with Gasteiger partial charge in [-0.2, -0.15) is 4.98 Å². The maximum absolute atomic E-state index is 12.6. The van der Waals surface area contributed by atoms with Gasteiger partial charge in [0.25, 0.3) is 5.95 Å². The first-order valence-corrected chi connectivity index (χ1v) is 9.01. The van der Waals surface area contributed by atoms with Crippen molar-refractivity contribution in [3.05, 3.63) is 40.1 Å². The predicted octanol–water partition coefficient (Wildman–Crippen LogP) is 3.31. The second-order valence-electron chi connectivity index (χ2n) is 6.49. The molecule has 2 unspecified atom stereocenters. The molecule has 2 heterocycles. The number of nitrogens with zero attached hydrogens (tertiary/aromatic N) is 4. The third kappa shape index (κ3) is 2.93. The van der Waals surface area contributed by atoms with E-state index in [-0.39, 0.29) is 29.6 Å².